The van der Waals surface area contributed by atoms with Crippen molar-refractivity contribution < 1.29 is 19.4 Å². The summed E-state index contributed by atoms with van der Waals surface area (Å²) in [6, 6.07) is 13.3. The Kier molecular flexibility index (Phi) is 4.68. The van der Waals surface area contributed by atoms with E-state index in [0.29, 0.717) is 13.0 Å². The molecule has 1 atom stereocenters. The summed E-state index contributed by atoms with van der Waals surface area (Å²) in [6.45, 7) is 4.02. The van der Waals surface area contributed by atoms with Crippen LogP contribution >= 0.6 is 0 Å². The number of phenolic OH excluding ortho intramolecular Hbond substituents is 1. The fraction of sp³-hybridized carbons (Fsp3) is 0.409. The van der Waals surface area contributed by atoms with E-state index in [-0.39, 0.29) is 23.9 Å². The maximum absolute atomic E-state index is 12.4. The minimum atomic E-state index is 0.0521. The number of carbonyl (C=O) groups excluding carboxylic acids is 1. The Bertz CT molecular complexity index is 833. The van der Waals surface area contributed by atoms with Crippen LogP contribution in [0.2, 0.25) is 0 Å². The number of hydrogen-bond acceptors (Lipinski definition) is 4. The highest BCUT2D eigenvalue weighted by Gasteiger charge is 2.35. The number of aromatic hydroxyl groups is 1. The summed E-state index contributed by atoms with van der Waals surface area (Å²) in [7, 11) is 0. The van der Waals surface area contributed by atoms with Gasteiger partial charge in [-0.25, -0.2) is 0 Å². The van der Waals surface area contributed by atoms with Crippen LogP contribution < -0.4 is 9.47 Å². The van der Waals surface area contributed by atoms with E-state index >= 15 is 0 Å². The lowest BCUT2D eigenvalue weighted by Gasteiger charge is -2.40. The number of carbonyl (C=O) groups is 1. The summed E-state index contributed by atoms with van der Waals surface area (Å²) >= 11 is 0. The topological polar surface area (TPSA) is 59.0 Å². The molecule has 4 rings (SSSR count). The van der Waals surface area contributed by atoms with Crippen molar-refractivity contribution in [2.24, 2.45) is 5.41 Å². The van der Waals surface area contributed by atoms with Gasteiger partial charge in [0.2, 0.25) is 12.7 Å². The highest BCUT2D eigenvalue weighted by molar-refractivity contribution is 5.77. The van der Waals surface area contributed by atoms with E-state index in [1.54, 1.807) is 12.1 Å². The molecular weight excluding hydrogens is 342 g/mol. The molecule has 2 aromatic carbocycles. The van der Waals surface area contributed by atoms with Crippen LogP contribution in [0.4, 0.5) is 0 Å². The molecular formula is C22H25NO4. The molecule has 5 heteroatoms. The third-order valence-corrected chi connectivity index (χ3v) is 5.54. The molecule has 0 aromatic heterocycles. The predicted octanol–water partition coefficient (Wildman–Crippen LogP) is 3.53. The highest BCUT2D eigenvalue weighted by atomic mass is 16.7. The number of rotatable bonds is 5. The fourth-order valence-electron chi connectivity index (χ4n) is 4.01. The second kappa shape index (κ2) is 7.14. The summed E-state index contributed by atoms with van der Waals surface area (Å²) in [5.41, 5.74) is 2.40. The highest BCUT2D eigenvalue weighted by Crippen LogP contribution is 2.37. The minimum Gasteiger partial charge on any atom is -0.508 e. The van der Waals surface area contributed by atoms with Gasteiger partial charge in [0.25, 0.3) is 0 Å². The second-order valence-corrected chi connectivity index (χ2v) is 7.91. The lowest BCUT2D eigenvalue weighted by atomic mass is 9.76. The monoisotopic (exact) mass is 367 g/mol. The number of benzene rings is 2. The summed E-state index contributed by atoms with van der Waals surface area (Å²) < 4.78 is 10.9. The molecule has 1 amide bonds. The molecule has 0 radical (unpaired) electrons. The Morgan fingerprint density at radius 3 is 2.63 bits per heavy atom. The Morgan fingerprint density at radius 1 is 1.07 bits per heavy atom. The van der Waals surface area contributed by atoms with Crippen molar-refractivity contribution in [2.75, 3.05) is 19.9 Å². The number of ether oxygens (including phenoxy) is 2. The van der Waals surface area contributed by atoms with Crippen LogP contribution in [-0.4, -0.2) is 35.8 Å². The molecule has 1 N–H and O–H groups in total. The van der Waals surface area contributed by atoms with Crippen LogP contribution in [0.25, 0.3) is 0 Å². The third-order valence-electron chi connectivity index (χ3n) is 5.54. The maximum Gasteiger partial charge on any atom is 0.231 e. The number of fused-ring (bicyclic) bond motifs is 1. The van der Waals surface area contributed by atoms with Crippen molar-refractivity contribution >= 4 is 5.91 Å². The summed E-state index contributed by atoms with van der Waals surface area (Å²) in [4.78, 5) is 14.4. The number of piperidine rings is 1. The van der Waals surface area contributed by atoms with Gasteiger partial charge < -0.3 is 19.5 Å². The van der Waals surface area contributed by atoms with E-state index in [1.807, 2.05) is 23.1 Å². The van der Waals surface area contributed by atoms with Gasteiger partial charge >= 0.3 is 0 Å². The second-order valence-electron chi connectivity index (χ2n) is 7.91. The van der Waals surface area contributed by atoms with E-state index in [2.05, 4.69) is 19.1 Å². The zero-order valence-corrected chi connectivity index (χ0v) is 15.6. The number of amides is 1. The lowest BCUT2D eigenvalue weighted by Crippen LogP contribution is -2.46. The van der Waals surface area contributed by atoms with Gasteiger partial charge in [0.05, 0.1) is 0 Å². The van der Waals surface area contributed by atoms with Crippen LogP contribution in [-0.2, 0) is 17.6 Å². The van der Waals surface area contributed by atoms with Gasteiger partial charge in [-0.15, -0.1) is 0 Å². The maximum atomic E-state index is 12.4. The quantitative estimate of drug-likeness (QED) is 0.878. The van der Waals surface area contributed by atoms with Gasteiger partial charge in [-0.05, 0) is 60.1 Å². The first-order chi connectivity index (χ1) is 13.0. The Hall–Kier alpha value is -2.69. The zero-order chi connectivity index (χ0) is 18.9. The summed E-state index contributed by atoms with van der Waals surface area (Å²) in [5, 5.41) is 9.40. The molecule has 1 saturated heterocycles. The standard InChI is InChI=1S/C22H25NO4/c1-22(13-17-4-7-19-20(12-17)27-15-26-19)10-8-21(25)23(14-22)11-9-16-2-5-18(24)6-3-16/h2-7,12,24H,8-11,13-15H2,1H3/t22-/m0/s1. The Labute approximate surface area is 159 Å². The average molecular weight is 367 g/mol. The summed E-state index contributed by atoms with van der Waals surface area (Å²) in [5.74, 6) is 2.12. The van der Waals surface area contributed by atoms with Gasteiger partial charge in [-0.3, -0.25) is 4.79 Å². The molecule has 2 aromatic rings. The molecule has 0 aliphatic carbocycles. The number of likely N-dealkylation sites (tertiary alicyclic amines) is 1. The Balaban J connectivity index is 1.41. The predicted molar refractivity (Wildman–Crippen MR) is 102 cm³/mol. The molecule has 1 fully saturated rings. The molecule has 27 heavy (non-hydrogen) atoms. The van der Waals surface area contributed by atoms with Crippen molar-refractivity contribution in [1.82, 2.24) is 4.90 Å². The van der Waals surface area contributed by atoms with E-state index in [9.17, 15) is 9.90 Å². The van der Waals surface area contributed by atoms with Crippen molar-refractivity contribution in [1.29, 1.82) is 0 Å². The zero-order valence-electron chi connectivity index (χ0n) is 15.6. The van der Waals surface area contributed by atoms with Gasteiger partial charge in [0.15, 0.2) is 11.5 Å². The van der Waals surface area contributed by atoms with Crippen molar-refractivity contribution in [3.8, 4) is 17.2 Å². The lowest BCUT2D eigenvalue weighted by molar-refractivity contribution is -0.137. The smallest absolute Gasteiger partial charge is 0.231 e. The largest absolute Gasteiger partial charge is 0.508 e. The molecule has 142 valence electrons. The van der Waals surface area contributed by atoms with Crippen LogP contribution in [0, 0.1) is 5.41 Å². The van der Waals surface area contributed by atoms with Crippen LogP contribution in [0.1, 0.15) is 30.9 Å². The first-order valence-electron chi connectivity index (χ1n) is 9.45. The van der Waals surface area contributed by atoms with Gasteiger partial charge in [0, 0.05) is 19.5 Å². The van der Waals surface area contributed by atoms with Crippen LogP contribution in [0.3, 0.4) is 0 Å². The molecule has 0 unspecified atom stereocenters. The Morgan fingerprint density at radius 2 is 1.81 bits per heavy atom. The first-order valence-corrected chi connectivity index (χ1v) is 9.45. The van der Waals surface area contributed by atoms with Gasteiger partial charge in [-0.2, -0.15) is 0 Å². The van der Waals surface area contributed by atoms with Crippen LogP contribution in [0.15, 0.2) is 42.5 Å². The normalized spacial score (nSPS) is 21.5. The van der Waals surface area contributed by atoms with E-state index < -0.39 is 0 Å². The van der Waals surface area contributed by atoms with Crippen molar-refractivity contribution in [3.05, 3.63) is 53.6 Å². The van der Waals surface area contributed by atoms with E-state index in [1.165, 1.54) is 5.56 Å². The first kappa shape index (κ1) is 17.7. The molecule has 2 heterocycles. The van der Waals surface area contributed by atoms with E-state index in [0.717, 1.165) is 42.9 Å². The number of phenols is 1. The summed E-state index contributed by atoms with van der Waals surface area (Å²) in [6.07, 6.45) is 3.20. The molecule has 5 nitrogen and oxygen atoms in total. The van der Waals surface area contributed by atoms with Crippen molar-refractivity contribution in [2.45, 2.75) is 32.6 Å². The fourth-order valence-corrected chi connectivity index (χ4v) is 4.01. The molecule has 0 spiro atoms. The van der Waals surface area contributed by atoms with Gasteiger partial charge in [0.1, 0.15) is 5.75 Å². The van der Waals surface area contributed by atoms with Crippen LogP contribution in [0.5, 0.6) is 17.2 Å². The number of hydrogen-bond donors (Lipinski definition) is 1. The molecule has 2 aliphatic heterocycles. The third kappa shape index (κ3) is 4.02. The molecule has 0 bridgehead atoms. The SMILES string of the molecule is C[C@@]1(Cc2ccc3c(c2)OCO3)CCC(=O)N(CCc2ccc(O)cc2)C1. The van der Waals surface area contributed by atoms with E-state index in [4.69, 9.17) is 9.47 Å². The number of nitrogens with zero attached hydrogens (tertiary/aromatic N) is 1. The van der Waals surface area contributed by atoms with Crippen molar-refractivity contribution in [3.63, 3.8) is 0 Å². The minimum absolute atomic E-state index is 0.0521. The average Bonchev–Trinajstić information content (AvgIpc) is 3.12. The molecule has 0 saturated carbocycles. The van der Waals surface area contributed by atoms with Gasteiger partial charge in [-0.1, -0.05) is 25.1 Å². The molecule has 2 aliphatic rings.